The molecule has 0 aliphatic heterocycles. The number of benzene rings is 2. The maximum atomic E-state index is 13.4. The second-order valence-corrected chi connectivity index (χ2v) is 7.26. The number of ether oxygens (including phenoxy) is 3. The molecular weight excluding hydrogens is 452 g/mol. The zero-order valence-corrected chi connectivity index (χ0v) is 19.7. The van der Waals surface area contributed by atoms with E-state index in [1.54, 1.807) is 32.0 Å². The van der Waals surface area contributed by atoms with Crippen LogP contribution in [0.4, 0.5) is 5.82 Å². The zero-order chi connectivity index (χ0) is 25.7. The third-order valence-corrected chi connectivity index (χ3v) is 5.18. The topological polar surface area (TPSA) is 149 Å². The normalized spacial score (nSPS) is 11.0. The Hall–Kier alpha value is -4.78. The van der Waals surface area contributed by atoms with Gasteiger partial charge in [-0.15, -0.1) is 0 Å². The number of phenols is 1. The largest absolute Gasteiger partial charge is 0.508 e. The molecule has 10 nitrogen and oxygen atoms in total. The lowest BCUT2D eigenvalue weighted by atomic mass is 9.96. The molecule has 10 heteroatoms. The number of aromatic nitrogens is 1. The summed E-state index contributed by atoms with van der Waals surface area (Å²) in [7, 11) is 2.99. The van der Waals surface area contributed by atoms with Crippen LogP contribution in [-0.2, 0) is 4.74 Å². The van der Waals surface area contributed by atoms with Crippen LogP contribution in [-0.4, -0.2) is 42.3 Å². The van der Waals surface area contributed by atoms with E-state index < -0.39 is 11.5 Å². The van der Waals surface area contributed by atoms with Gasteiger partial charge in [0.25, 0.3) is 5.56 Å². The molecule has 0 aliphatic carbocycles. The van der Waals surface area contributed by atoms with Crippen molar-refractivity contribution in [2.45, 2.75) is 13.8 Å². The monoisotopic (exact) mass is 476 g/mol. The van der Waals surface area contributed by atoms with Crippen LogP contribution in [0.25, 0.3) is 11.1 Å². The summed E-state index contributed by atoms with van der Waals surface area (Å²) < 4.78 is 16.6. The highest BCUT2D eigenvalue weighted by Crippen LogP contribution is 2.32. The van der Waals surface area contributed by atoms with Crippen LogP contribution in [0.2, 0.25) is 0 Å². The van der Waals surface area contributed by atoms with Gasteiger partial charge in [-0.25, -0.2) is 4.79 Å². The van der Waals surface area contributed by atoms with Gasteiger partial charge in [0.1, 0.15) is 40.3 Å². The first-order valence-corrected chi connectivity index (χ1v) is 10.5. The Morgan fingerprint density at radius 2 is 1.86 bits per heavy atom. The predicted molar refractivity (Wildman–Crippen MR) is 130 cm³/mol. The summed E-state index contributed by atoms with van der Waals surface area (Å²) in [6.07, 6.45) is 0. The first-order valence-electron chi connectivity index (χ1n) is 10.5. The maximum absolute atomic E-state index is 13.4. The molecule has 0 fully saturated rings. The van der Waals surface area contributed by atoms with Gasteiger partial charge < -0.3 is 25.1 Å². The molecular formula is C25H24N4O6. The lowest BCUT2D eigenvalue weighted by molar-refractivity contribution is 0.0527. The van der Waals surface area contributed by atoms with Crippen molar-refractivity contribution >= 4 is 17.5 Å². The standard InChI is InChI=1S/C25H24N4O6/c1-5-35-25(32)22-21(15-6-8-16(30)9-7-15)19(13-26)24(31)29(23(22)27)28-14(2)18-12-17(33-3)10-11-20(18)34-4/h6-12,30H,5,27H2,1-4H3. The van der Waals surface area contributed by atoms with Crippen LogP contribution in [0.1, 0.15) is 35.3 Å². The van der Waals surface area contributed by atoms with Crippen LogP contribution in [0.15, 0.2) is 52.4 Å². The average Bonchev–Trinajstić information content (AvgIpc) is 2.86. The molecule has 2 aromatic carbocycles. The number of nitrogen functional groups attached to an aromatic ring is 1. The Morgan fingerprint density at radius 3 is 2.43 bits per heavy atom. The van der Waals surface area contributed by atoms with Gasteiger partial charge in [-0.2, -0.15) is 15.0 Å². The van der Waals surface area contributed by atoms with E-state index in [-0.39, 0.29) is 34.9 Å². The van der Waals surface area contributed by atoms with Crippen molar-refractivity contribution in [3.05, 3.63) is 69.5 Å². The number of hydrogen-bond donors (Lipinski definition) is 2. The highest BCUT2D eigenvalue weighted by atomic mass is 16.5. The number of anilines is 1. The molecule has 1 heterocycles. The van der Waals surface area contributed by atoms with Gasteiger partial charge in [-0.3, -0.25) is 4.79 Å². The van der Waals surface area contributed by atoms with Crippen molar-refractivity contribution in [3.8, 4) is 34.4 Å². The van der Waals surface area contributed by atoms with E-state index >= 15 is 0 Å². The maximum Gasteiger partial charge on any atom is 0.342 e. The van der Waals surface area contributed by atoms with Crippen molar-refractivity contribution in [1.82, 2.24) is 4.68 Å². The number of methoxy groups -OCH3 is 2. The minimum Gasteiger partial charge on any atom is -0.508 e. The second-order valence-electron chi connectivity index (χ2n) is 7.26. The molecule has 0 saturated carbocycles. The summed E-state index contributed by atoms with van der Waals surface area (Å²) in [4.78, 5) is 26.3. The smallest absolute Gasteiger partial charge is 0.342 e. The number of carbonyl (C=O) groups is 1. The number of nitrogens with zero attached hydrogens (tertiary/aromatic N) is 3. The third kappa shape index (κ3) is 4.79. The molecule has 0 atom stereocenters. The van der Waals surface area contributed by atoms with Gasteiger partial charge in [0.05, 0.1) is 26.5 Å². The van der Waals surface area contributed by atoms with Crippen LogP contribution < -0.4 is 20.8 Å². The lowest BCUT2D eigenvalue weighted by Gasteiger charge is -2.17. The van der Waals surface area contributed by atoms with Crippen LogP contribution in [0.3, 0.4) is 0 Å². The Morgan fingerprint density at radius 1 is 1.17 bits per heavy atom. The molecule has 35 heavy (non-hydrogen) atoms. The van der Waals surface area contributed by atoms with Crippen molar-refractivity contribution < 1.29 is 24.1 Å². The molecule has 0 aliphatic rings. The first-order chi connectivity index (χ1) is 16.8. The van der Waals surface area contributed by atoms with E-state index in [4.69, 9.17) is 19.9 Å². The number of carbonyl (C=O) groups excluding carboxylic acids is 1. The molecule has 180 valence electrons. The fourth-order valence-electron chi connectivity index (χ4n) is 3.51. The molecule has 0 radical (unpaired) electrons. The number of nitriles is 1. The van der Waals surface area contributed by atoms with Crippen molar-refractivity contribution in [3.63, 3.8) is 0 Å². The highest BCUT2D eigenvalue weighted by Gasteiger charge is 2.27. The molecule has 0 bridgehead atoms. The SMILES string of the molecule is CCOC(=O)c1c(-c2ccc(O)cc2)c(C#N)c(=O)n(N=C(C)c2cc(OC)ccc2OC)c1N. The third-order valence-electron chi connectivity index (χ3n) is 5.18. The number of pyridine rings is 1. The highest BCUT2D eigenvalue weighted by molar-refractivity contribution is 6.04. The fraction of sp³-hybridized carbons (Fsp3) is 0.200. The van der Waals surface area contributed by atoms with E-state index in [1.807, 2.05) is 6.07 Å². The average molecular weight is 476 g/mol. The molecule has 1 aromatic heterocycles. The van der Waals surface area contributed by atoms with Gasteiger partial charge in [-0.05, 0) is 49.7 Å². The Labute approximate surface area is 201 Å². The van der Waals surface area contributed by atoms with E-state index in [2.05, 4.69) is 5.10 Å². The van der Waals surface area contributed by atoms with Gasteiger partial charge in [0.2, 0.25) is 0 Å². The van der Waals surface area contributed by atoms with Crippen LogP contribution in [0, 0.1) is 11.3 Å². The number of aromatic hydroxyl groups is 1. The number of rotatable bonds is 7. The molecule has 0 amide bonds. The summed E-state index contributed by atoms with van der Waals surface area (Å²) in [5.41, 5.74) is 6.06. The van der Waals surface area contributed by atoms with E-state index in [0.717, 1.165) is 4.68 Å². The summed E-state index contributed by atoms with van der Waals surface area (Å²) >= 11 is 0. The minimum atomic E-state index is -0.831. The molecule has 3 rings (SSSR count). The van der Waals surface area contributed by atoms with E-state index in [1.165, 1.54) is 38.5 Å². The van der Waals surface area contributed by atoms with Crippen LogP contribution >= 0.6 is 0 Å². The summed E-state index contributed by atoms with van der Waals surface area (Å²) in [5, 5.41) is 23.9. The van der Waals surface area contributed by atoms with Crippen molar-refractivity contribution in [2.75, 3.05) is 26.6 Å². The predicted octanol–water partition coefficient (Wildman–Crippen LogP) is 3.14. The molecule has 3 N–H and O–H groups in total. The number of hydrogen-bond acceptors (Lipinski definition) is 9. The van der Waals surface area contributed by atoms with Gasteiger partial charge in [0, 0.05) is 11.1 Å². The molecule has 0 saturated heterocycles. The molecule has 0 unspecified atom stereocenters. The van der Waals surface area contributed by atoms with Gasteiger partial charge in [-0.1, -0.05) is 12.1 Å². The quantitative estimate of drug-likeness (QED) is 0.390. The van der Waals surface area contributed by atoms with Crippen molar-refractivity contribution in [2.24, 2.45) is 5.10 Å². The zero-order valence-electron chi connectivity index (χ0n) is 19.7. The lowest BCUT2D eigenvalue weighted by Crippen LogP contribution is -2.28. The minimum absolute atomic E-state index is 0.00323. The number of nitrogens with two attached hydrogens (primary N) is 1. The molecule has 3 aromatic rings. The summed E-state index contributed by atoms with van der Waals surface area (Å²) in [6.45, 7) is 3.28. The van der Waals surface area contributed by atoms with E-state index in [0.29, 0.717) is 28.3 Å². The Kier molecular flexibility index (Phi) is 7.41. The van der Waals surface area contributed by atoms with E-state index in [9.17, 15) is 20.0 Å². The first kappa shape index (κ1) is 24.9. The number of phenolic OH excluding ortho intramolecular Hbond substituents is 1. The molecule has 0 spiro atoms. The van der Waals surface area contributed by atoms with Crippen molar-refractivity contribution in [1.29, 1.82) is 5.26 Å². The summed E-state index contributed by atoms with van der Waals surface area (Å²) in [6, 6.07) is 12.6. The number of esters is 1. The van der Waals surface area contributed by atoms with Gasteiger partial charge in [0.15, 0.2) is 0 Å². The second kappa shape index (κ2) is 10.4. The Balaban J connectivity index is 2.37. The van der Waals surface area contributed by atoms with Crippen LogP contribution in [0.5, 0.6) is 17.2 Å². The van der Waals surface area contributed by atoms with Gasteiger partial charge >= 0.3 is 5.97 Å². The summed E-state index contributed by atoms with van der Waals surface area (Å²) in [5.74, 6) is -0.172. The fourth-order valence-corrected chi connectivity index (χ4v) is 3.51. The Bertz CT molecular complexity index is 1400.